The first kappa shape index (κ1) is 30.3. The van der Waals surface area contributed by atoms with Gasteiger partial charge in [-0.25, -0.2) is 0 Å². The lowest BCUT2D eigenvalue weighted by Gasteiger charge is -2.35. The van der Waals surface area contributed by atoms with Gasteiger partial charge in [0.05, 0.1) is 18.1 Å². The van der Waals surface area contributed by atoms with Crippen LogP contribution >= 0.6 is 0 Å². The molecule has 4 aliphatic rings. The average molecular weight is 580 g/mol. The number of fused-ring (bicyclic) bond motifs is 2. The number of likely N-dealkylation sites (tertiary alicyclic amines) is 1. The molecule has 1 N–H and O–H groups in total. The number of anilines is 2. The van der Waals surface area contributed by atoms with Crippen molar-refractivity contribution in [3.05, 3.63) is 48.6 Å². The number of aliphatic hydroxyl groups is 1. The second-order valence-corrected chi connectivity index (χ2v) is 11.8. The molecular weight excluding hydrogens is 534 g/mol. The van der Waals surface area contributed by atoms with Crippen molar-refractivity contribution < 1.29 is 29.0 Å². The lowest BCUT2D eigenvalue weighted by Crippen LogP contribution is -2.55. The van der Waals surface area contributed by atoms with Crippen molar-refractivity contribution >= 4 is 29.2 Å². The fourth-order valence-electron chi connectivity index (χ4n) is 7.10. The van der Waals surface area contributed by atoms with Crippen LogP contribution in [0.3, 0.4) is 0 Å². The highest BCUT2D eigenvalue weighted by Crippen LogP contribution is 2.53. The number of esters is 1. The minimum Gasteiger partial charge on any atom is -0.462 e. The van der Waals surface area contributed by atoms with Gasteiger partial charge in [-0.05, 0) is 70.7 Å². The highest BCUT2D eigenvalue weighted by atomic mass is 16.6. The summed E-state index contributed by atoms with van der Waals surface area (Å²) in [6.07, 6.45) is 11.2. The molecule has 0 radical (unpaired) electrons. The molecule has 4 aliphatic heterocycles. The van der Waals surface area contributed by atoms with E-state index in [0.29, 0.717) is 32.4 Å². The molecule has 6 atom stereocenters. The van der Waals surface area contributed by atoms with Gasteiger partial charge in [0.15, 0.2) is 0 Å². The zero-order valence-corrected chi connectivity index (χ0v) is 25.1. The Hall–Kier alpha value is -3.17. The first-order valence-electron chi connectivity index (χ1n) is 15.7. The fraction of sp³-hybridized carbons (Fsp3) is 0.606. The standard InChI is InChI=1S/C33H45N3O6/c1-4-34(5-2)24-15-17-25(18-16-24)35-21-12-19-33-28(27-26(42-33)14-9-8-13-23(3)41-32(27)40)30(38)36(29(33)31(35)39)20-10-6-7-11-22-37/h9,12,14-19,23,26-29,37H,4-8,10-11,13,20-22H2,1-3H3/b14-9-/t23?,26-,27?,28+,29-,33?/m1/s1. The molecular formula is C33H45N3O6. The zero-order valence-electron chi connectivity index (χ0n) is 25.1. The van der Waals surface area contributed by atoms with Gasteiger partial charge in [-0.15, -0.1) is 0 Å². The number of rotatable bonds is 10. The number of aliphatic hydroxyl groups excluding tert-OH is 1. The minimum absolute atomic E-state index is 0.132. The topological polar surface area (TPSA) is 99.6 Å². The number of unbranched alkanes of at least 4 members (excludes halogenated alkanes) is 3. The summed E-state index contributed by atoms with van der Waals surface area (Å²) in [7, 11) is 0. The molecule has 2 saturated heterocycles. The number of cyclic esters (lactones) is 1. The highest BCUT2D eigenvalue weighted by Gasteiger charge is 2.71. The third-order valence-electron chi connectivity index (χ3n) is 9.25. The molecule has 3 unspecified atom stereocenters. The lowest BCUT2D eigenvalue weighted by atomic mass is 9.78. The summed E-state index contributed by atoms with van der Waals surface area (Å²) in [6.45, 7) is 8.72. The monoisotopic (exact) mass is 579 g/mol. The van der Waals surface area contributed by atoms with Crippen molar-refractivity contribution in [3.8, 4) is 0 Å². The summed E-state index contributed by atoms with van der Waals surface area (Å²) < 4.78 is 12.5. The van der Waals surface area contributed by atoms with E-state index >= 15 is 0 Å². The third kappa shape index (κ3) is 5.49. The third-order valence-corrected chi connectivity index (χ3v) is 9.25. The molecule has 1 aromatic carbocycles. The molecule has 0 aromatic heterocycles. The number of carbonyl (C=O) groups excluding carboxylic acids is 3. The van der Waals surface area contributed by atoms with Crippen LogP contribution in [0.25, 0.3) is 0 Å². The summed E-state index contributed by atoms with van der Waals surface area (Å²) >= 11 is 0. The molecule has 1 aromatic rings. The van der Waals surface area contributed by atoms with Gasteiger partial charge >= 0.3 is 5.97 Å². The summed E-state index contributed by atoms with van der Waals surface area (Å²) in [4.78, 5) is 48.0. The Morgan fingerprint density at radius 1 is 1.00 bits per heavy atom. The van der Waals surface area contributed by atoms with Crippen LogP contribution in [0.5, 0.6) is 0 Å². The van der Waals surface area contributed by atoms with Gasteiger partial charge in [0.25, 0.3) is 5.91 Å². The zero-order chi connectivity index (χ0) is 29.9. The molecule has 1 spiro atoms. The number of hydrogen-bond donors (Lipinski definition) is 1. The van der Waals surface area contributed by atoms with Crippen LogP contribution in [0.2, 0.25) is 0 Å². The summed E-state index contributed by atoms with van der Waals surface area (Å²) in [5, 5.41) is 9.19. The van der Waals surface area contributed by atoms with E-state index in [-0.39, 0.29) is 24.5 Å². The highest BCUT2D eigenvalue weighted by molar-refractivity contribution is 6.05. The van der Waals surface area contributed by atoms with Crippen LogP contribution in [0.15, 0.2) is 48.6 Å². The van der Waals surface area contributed by atoms with E-state index in [2.05, 4.69) is 18.7 Å². The Morgan fingerprint density at radius 3 is 2.45 bits per heavy atom. The van der Waals surface area contributed by atoms with E-state index in [1.165, 1.54) is 0 Å². The van der Waals surface area contributed by atoms with Gasteiger partial charge in [0.1, 0.15) is 17.6 Å². The molecule has 4 heterocycles. The van der Waals surface area contributed by atoms with Gasteiger partial charge in [-0.2, -0.15) is 0 Å². The summed E-state index contributed by atoms with van der Waals surface area (Å²) in [5.74, 6) is -2.56. The van der Waals surface area contributed by atoms with Crippen LogP contribution in [-0.4, -0.2) is 84.4 Å². The van der Waals surface area contributed by atoms with E-state index in [4.69, 9.17) is 9.47 Å². The smallest absolute Gasteiger partial charge is 0.313 e. The Balaban J connectivity index is 1.51. The number of hydrogen-bond acceptors (Lipinski definition) is 7. The van der Waals surface area contributed by atoms with Crippen molar-refractivity contribution in [2.45, 2.75) is 83.1 Å². The quantitative estimate of drug-likeness (QED) is 0.255. The van der Waals surface area contributed by atoms with Crippen molar-refractivity contribution in [2.75, 3.05) is 42.6 Å². The SMILES string of the molecule is CCN(CC)c1ccc(N2CC=CC34O[C@@H]5/C=C\CCC(C)OC(=O)C5[C@H]3C(=O)N(CCCCCCO)[C@@H]4C2=O)cc1. The molecule has 5 rings (SSSR count). The van der Waals surface area contributed by atoms with E-state index in [1.54, 1.807) is 9.80 Å². The Morgan fingerprint density at radius 2 is 1.74 bits per heavy atom. The second-order valence-electron chi connectivity index (χ2n) is 11.8. The summed E-state index contributed by atoms with van der Waals surface area (Å²) in [5.41, 5.74) is 0.575. The predicted molar refractivity (Wildman–Crippen MR) is 161 cm³/mol. The fourth-order valence-corrected chi connectivity index (χ4v) is 7.10. The van der Waals surface area contributed by atoms with Gasteiger partial charge in [0.2, 0.25) is 5.91 Å². The number of benzene rings is 1. The number of allylic oxidation sites excluding steroid dienone is 1. The molecule has 2 amide bonds. The predicted octanol–water partition coefficient (Wildman–Crippen LogP) is 3.85. The van der Waals surface area contributed by atoms with Crippen LogP contribution in [-0.2, 0) is 23.9 Å². The first-order valence-corrected chi connectivity index (χ1v) is 15.7. The Bertz CT molecular complexity index is 1190. The Labute approximate surface area is 249 Å². The second kappa shape index (κ2) is 13.0. The molecule has 9 nitrogen and oxygen atoms in total. The van der Waals surface area contributed by atoms with E-state index in [0.717, 1.165) is 43.7 Å². The average Bonchev–Trinajstić information content (AvgIpc) is 3.38. The maximum atomic E-state index is 14.6. The molecule has 9 heteroatoms. The van der Waals surface area contributed by atoms with E-state index < -0.39 is 35.6 Å². The molecule has 0 aliphatic carbocycles. The number of amides is 2. The number of nitrogens with zero attached hydrogens (tertiary/aromatic N) is 3. The lowest BCUT2D eigenvalue weighted by molar-refractivity contribution is -0.158. The normalized spacial score (nSPS) is 31.4. The van der Waals surface area contributed by atoms with Crippen molar-refractivity contribution in [2.24, 2.45) is 11.8 Å². The maximum absolute atomic E-state index is 14.6. The molecule has 228 valence electrons. The van der Waals surface area contributed by atoms with Crippen LogP contribution in [0, 0.1) is 11.8 Å². The van der Waals surface area contributed by atoms with Gasteiger partial charge < -0.3 is 29.3 Å². The van der Waals surface area contributed by atoms with Gasteiger partial charge in [0, 0.05) is 44.2 Å². The van der Waals surface area contributed by atoms with Crippen molar-refractivity contribution in [3.63, 3.8) is 0 Å². The first-order chi connectivity index (χ1) is 20.4. The minimum atomic E-state index is -1.27. The van der Waals surface area contributed by atoms with Crippen LogP contribution < -0.4 is 9.80 Å². The number of ether oxygens (including phenoxy) is 2. The van der Waals surface area contributed by atoms with E-state index in [1.807, 2.05) is 55.5 Å². The van der Waals surface area contributed by atoms with Crippen molar-refractivity contribution in [1.29, 1.82) is 0 Å². The van der Waals surface area contributed by atoms with E-state index in [9.17, 15) is 19.5 Å². The van der Waals surface area contributed by atoms with Crippen molar-refractivity contribution in [1.82, 2.24) is 4.90 Å². The van der Waals surface area contributed by atoms with Crippen LogP contribution in [0.1, 0.15) is 59.3 Å². The maximum Gasteiger partial charge on any atom is 0.313 e. The summed E-state index contributed by atoms with van der Waals surface area (Å²) in [6, 6.07) is 7.07. The Kier molecular flexibility index (Phi) is 9.38. The van der Waals surface area contributed by atoms with Gasteiger partial charge in [-0.3, -0.25) is 14.4 Å². The molecule has 0 bridgehead atoms. The molecule has 2 fully saturated rings. The van der Waals surface area contributed by atoms with Crippen LogP contribution in [0.4, 0.5) is 11.4 Å². The number of carbonyl (C=O) groups is 3. The molecule has 42 heavy (non-hydrogen) atoms. The van der Waals surface area contributed by atoms with Gasteiger partial charge in [-0.1, -0.05) is 37.1 Å². The largest absolute Gasteiger partial charge is 0.462 e. The molecule has 0 saturated carbocycles.